The first-order valence-corrected chi connectivity index (χ1v) is 3.36. The molecule has 6 nitrogen and oxygen atoms in total. The van der Waals surface area contributed by atoms with E-state index >= 15 is 0 Å². The number of ketones is 1. The van der Waals surface area contributed by atoms with Gasteiger partial charge in [-0.05, 0) is 6.92 Å². The minimum Gasteiger partial charge on any atom is -0.481 e. The lowest BCUT2D eigenvalue weighted by atomic mass is 10.3. The van der Waals surface area contributed by atoms with Gasteiger partial charge >= 0.3 is 17.9 Å². The number of carboxylic acids is 1. The number of rotatable bonds is 4. The smallest absolute Gasteiger partial charge is 0.324 e. The number of esters is 2. The molecule has 0 aromatic rings. The van der Waals surface area contributed by atoms with E-state index in [2.05, 4.69) is 4.74 Å². The lowest BCUT2D eigenvalue weighted by Crippen LogP contribution is -2.17. The molecule has 0 saturated carbocycles. The normalized spacial score (nSPS) is 9.00. The van der Waals surface area contributed by atoms with Crippen molar-refractivity contribution in [2.45, 2.75) is 19.8 Å². The first kappa shape index (κ1) is 11.3. The summed E-state index contributed by atoms with van der Waals surface area (Å²) < 4.78 is 3.99. The molecule has 0 atom stereocenters. The zero-order valence-corrected chi connectivity index (χ0v) is 6.90. The van der Waals surface area contributed by atoms with Crippen molar-refractivity contribution in [2.75, 3.05) is 0 Å². The third-order valence-electron chi connectivity index (χ3n) is 0.917. The van der Waals surface area contributed by atoms with E-state index in [0.717, 1.165) is 6.92 Å². The minimum absolute atomic E-state index is 0.451. The number of Topliss-reactive ketones (excluding diaryl/α,β-unsaturated/α-hetero) is 1. The molecular formula is C7H8O6. The van der Waals surface area contributed by atoms with Gasteiger partial charge in [0.2, 0.25) is 0 Å². The Hall–Kier alpha value is -1.72. The molecule has 0 aromatic heterocycles. The van der Waals surface area contributed by atoms with E-state index in [4.69, 9.17) is 5.11 Å². The number of ether oxygens (including phenoxy) is 1. The van der Waals surface area contributed by atoms with Gasteiger partial charge in [-0.3, -0.25) is 19.2 Å². The maximum atomic E-state index is 10.6. The van der Waals surface area contributed by atoms with Crippen molar-refractivity contribution >= 4 is 23.7 Å². The number of hydrogen-bond donors (Lipinski definition) is 1. The van der Waals surface area contributed by atoms with Crippen LogP contribution in [0.1, 0.15) is 19.8 Å². The molecule has 0 radical (unpaired) electrons. The lowest BCUT2D eigenvalue weighted by molar-refractivity contribution is -0.161. The minimum atomic E-state index is -1.39. The molecule has 0 bridgehead atoms. The van der Waals surface area contributed by atoms with Crippen LogP contribution in [0.2, 0.25) is 0 Å². The zero-order valence-electron chi connectivity index (χ0n) is 6.90. The largest absolute Gasteiger partial charge is 0.481 e. The maximum absolute atomic E-state index is 10.6. The van der Waals surface area contributed by atoms with E-state index in [0.29, 0.717) is 0 Å². The van der Waals surface area contributed by atoms with Gasteiger partial charge in [-0.25, -0.2) is 0 Å². The Labute approximate surface area is 73.5 Å². The predicted molar refractivity (Wildman–Crippen MR) is 38.6 cm³/mol. The number of aliphatic carboxylic acids is 1. The van der Waals surface area contributed by atoms with Gasteiger partial charge in [0.05, 0.1) is 0 Å². The summed E-state index contributed by atoms with van der Waals surface area (Å²) in [6.07, 6.45) is -1.41. The highest BCUT2D eigenvalue weighted by Crippen LogP contribution is 1.92. The van der Waals surface area contributed by atoms with E-state index in [9.17, 15) is 19.2 Å². The van der Waals surface area contributed by atoms with Crippen molar-refractivity contribution in [2.24, 2.45) is 0 Å². The quantitative estimate of drug-likeness (QED) is 0.472. The van der Waals surface area contributed by atoms with Crippen LogP contribution in [0.3, 0.4) is 0 Å². The molecule has 0 unspecified atom stereocenters. The number of carbonyl (C=O) groups is 4. The second kappa shape index (κ2) is 5.02. The third-order valence-corrected chi connectivity index (χ3v) is 0.917. The van der Waals surface area contributed by atoms with E-state index in [-0.39, 0.29) is 0 Å². The molecule has 0 spiro atoms. The highest BCUT2D eigenvalue weighted by molar-refractivity contribution is 6.01. The van der Waals surface area contributed by atoms with Gasteiger partial charge in [0, 0.05) is 0 Å². The molecule has 0 aliphatic rings. The summed E-state index contributed by atoms with van der Waals surface area (Å²) in [6, 6.07) is 0. The van der Waals surface area contributed by atoms with Crippen LogP contribution in [0, 0.1) is 0 Å². The zero-order chi connectivity index (χ0) is 10.4. The predicted octanol–water partition coefficient (Wildman–Crippen LogP) is -0.490. The Bertz CT molecular complexity index is 228. The van der Waals surface area contributed by atoms with Crippen molar-refractivity contribution in [3.05, 3.63) is 0 Å². The molecular weight excluding hydrogens is 180 g/mol. The van der Waals surface area contributed by atoms with Crippen LogP contribution in [0.25, 0.3) is 0 Å². The number of hydrogen-bond acceptors (Lipinski definition) is 5. The molecule has 0 amide bonds. The molecule has 6 heteroatoms. The average Bonchev–Trinajstić information content (AvgIpc) is 1.80. The first-order valence-electron chi connectivity index (χ1n) is 3.36. The lowest BCUT2D eigenvalue weighted by Gasteiger charge is -1.97. The highest BCUT2D eigenvalue weighted by Gasteiger charge is 2.14. The van der Waals surface area contributed by atoms with Gasteiger partial charge in [0.1, 0.15) is 18.6 Å². The molecule has 0 heterocycles. The first-order chi connectivity index (χ1) is 5.91. The Kier molecular flexibility index (Phi) is 4.36. The fraction of sp³-hybridized carbons (Fsp3) is 0.429. The van der Waals surface area contributed by atoms with Crippen LogP contribution in [-0.4, -0.2) is 28.8 Å². The Morgan fingerprint density at radius 2 is 1.54 bits per heavy atom. The van der Waals surface area contributed by atoms with E-state index < -0.39 is 36.5 Å². The van der Waals surface area contributed by atoms with Crippen LogP contribution in [0.15, 0.2) is 0 Å². The van der Waals surface area contributed by atoms with Crippen molar-refractivity contribution in [3.8, 4) is 0 Å². The fourth-order valence-electron chi connectivity index (χ4n) is 0.526. The summed E-state index contributed by atoms with van der Waals surface area (Å²) in [5.74, 6) is -4.04. The van der Waals surface area contributed by atoms with Gasteiger partial charge in [0.25, 0.3) is 0 Å². The van der Waals surface area contributed by atoms with Gasteiger partial charge in [-0.2, -0.15) is 0 Å². The highest BCUT2D eigenvalue weighted by atomic mass is 16.6. The van der Waals surface area contributed by atoms with Gasteiger partial charge in [-0.15, -0.1) is 0 Å². The topological polar surface area (TPSA) is 97.7 Å². The SMILES string of the molecule is CC(=O)CC(=O)OC(=O)CC(=O)O. The molecule has 13 heavy (non-hydrogen) atoms. The summed E-state index contributed by atoms with van der Waals surface area (Å²) in [7, 11) is 0. The molecule has 0 aromatic carbocycles. The molecule has 0 aliphatic carbocycles. The van der Waals surface area contributed by atoms with Crippen LogP contribution in [-0.2, 0) is 23.9 Å². The van der Waals surface area contributed by atoms with Crippen LogP contribution >= 0.6 is 0 Å². The summed E-state index contributed by atoms with van der Waals surface area (Å²) >= 11 is 0. The van der Waals surface area contributed by atoms with Gasteiger partial charge in [-0.1, -0.05) is 0 Å². The second-order valence-corrected chi connectivity index (χ2v) is 2.30. The van der Waals surface area contributed by atoms with Crippen LogP contribution in [0.5, 0.6) is 0 Å². The third kappa shape index (κ3) is 6.67. The second-order valence-electron chi connectivity index (χ2n) is 2.30. The monoisotopic (exact) mass is 188 g/mol. The molecule has 72 valence electrons. The van der Waals surface area contributed by atoms with Crippen molar-refractivity contribution < 1.29 is 29.0 Å². The summed E-state index contributed by atoms with van der Waals surface area (Å²) in [5.41, 5.74) is 0. The fourth-order valence-corrected chi connectivity index (χ4v) is 0.526. The van der Waals surface area contributed by atoms with Gasteiger partial charge in [0.15, 0.2) is 0 Å². The van der Waals surface area contributed by atoms with Gasteiger partial charge < -0.3 is 9.84 Å². The molecule has 0 rings (SSSR count). The standard InChI is InChI=1S/C7H8O6/c1-4(8)2-6(11)13-7(12)3-5(9)10/h2-3H2,1H3,(H,9,10). The van der Waals surface area contributed by atoms with E-state index in [1.807, 2.05) is 0 Å². The summed E-state index contributed by atoms with van der Waals surface area (Å²) in [5, 5.41) is 8.10. The summed E-state index contributed by atoms with van der Waals surface area (Å²) in [6.45, 7) is 1.16. The van der Waals surface area contributed by atoms with Crippen molar-refractivity contribution in [1.82, 2.24) is 0 Å². The van der Waals surface area contributed by atoms with Crippen LogP contribution < -0.4 is 0 Å². The summed E-state index contributed by atoms with van der Waals surface area (Å²) in [4.78, 5) is 41.4. The Balaban J connectivity index is 3.85. The Morgan fingerprint density at radius 1 is 1.08 bits per heavy atom. The van der Waals surface area contributed by atoms with E-state index in [1.165, 1.54) is 0 Å². The average molecular weight is 188 g/mol. The molecule has 1 N–H and O–H groups in total. The van der Waals surface area contributed by atoms with E-state index in [1.54, 1.807) is 0 Å². The van der Waals surface area contributed by atoms with Crippen LogP contribution in [0.4, 0.5) is 0 Å². The van der Waals surface area contributed by atoms with Crippen molar-refractivity contribution in [1.29, 1.82) is 0 Å². The molecule has 0 saturated heterocycles. The van der Waals surface area contributed by atoms with Crippen molar-refractivity contribution in [3.63, 3.8) is 0 Å². The number of carboxylic acid groups (broad SMARTS) is 1. The number of carbonyl (C=O) groups excluding carboxylic acids is 3. The molecule has 0 aliphatic heterocycles. The Morgan fingerprint density at radius 3 is 1.92 bits per heavy atom. The maximum Gasteiger partial charge on any atom is 0.324 e. The molecule has 0 fully saturated rings.